The number of rotatable bonds is 5. The highest BCUT2D eigenvalue weighted by Crippen LogP contribution is 2.30. The van der Waals surface area contributed by atoms with Gasteiger partial charge in [-0.2, -0.15) is 0 Å². The van der Waals surface area contributed by atoms with Gasteiger partial charge in [0.2, 0.25) is 5.95 Å². The Bertz CT molecular complexity index is 826. The van der Waals surface area contributed by atoms with Crippen LogP contribution in [0.4, 0.5) is 16.4 Å². The molecule has 0 saturated carbocycles. The molecule has 1 fully saturated rings. The van der Waals surface area contributed by atoms with Crippen molar-refractivity contribution in [3.8, 4) is 0 Å². The molecule has 0 radical (unpaired) electrons. The molecule has 0 bridgehead atoms. The first-order chi connectivity index (χ1) is 12.8. The number of nitrogens with one attached hydrogen (secondary N) is 1. The number of ether oxygens (including phenoxy) is 1. The lowest BCUT2D eigenvalue weighted by Gasteiger charge is -2.31. The molecule has 27 heavy (non-hydrogen) atoms. The Morgan fingerprint density at radius 3 is 2.74 bits per heavy atom. The van der Waals surface area contributed by atoms with E-state index in [1.165, 1.54) is 4.90 Å². The number of halogens is 1. The van der Waals surface area contributed by atoms with Gasteiger partial charge in [-0.1, -0.05) is 23.7 Å². The van der Waals surface area contributed by atoms with E-state index in [-0.39, 0.29) is 6.04 Å². The van der Waals surface area contributed by atoms with Gasteiger partial charge in [0.25, 0.3) is 0 Å². The van der Waals surface area contributed by atoms with Crippen molar-refractivity contribution in [1.82, 2.24) is 14.9 Å². The maximum atomic E-state index is 11.5. The first-order valence-electron chi connectivity index (χ1n) is 8.76. The van der Waals surface area contributed by atoms with Crippen LogP contribution in [0.1, 0.15) is 31.4 Å². The average Bonchev–Trinajstić information content (AvgIpc) is 2.91. The van der Waals surface area contributed by atoms with E-state index < -0.39 is 11.8 Å². The average molecular weight is 391 g/mol. The van der Waals surface area contributed by atoms with Crippen molar-refractivity contribution in [2.24, 2.45) is 0 Å². The molecule has 1 aliphatic rings. The number of hydrogen-bond donors (Lipinski definition) is 2. The van der Waals surface area contributed by atoms with Crippen LogP contribution in [0.25, 0.3) is 0 Å². The summed E-state index contributed by atoms with van der Waals surface area (Å²) in [7, 11) is 0. The van der Waals surface area contributed by atoms with Crippen molar-refractivity contribution >= 4 is 29.3 Å². The van der Waals surface area contributed by atoms with E-state index in [1.807, 2.05) is 19.1 Å². The van der Waals surface area contributed by atoms with Crippen LogP contribution in [-0.2, 0) is 11.2 Å². The number of amides is 1. The van der Waals surface area contributed by atoms with Gasteiger partial charge in [-0.3, -0.25) is 4.90 Å². The second-order valence-electron chi connectivity index (χ2n) is 7.10. The van der Waals surface area contributed by atoms with Crippen LogP contribution in [0.5, 0.6) is 0 Å². The van der Waals surface area contributed by atoms with E-state index in [9.17, 15) is 9.90 Å². The van der Waals surface area contributed by atoms with Crippen LogP contribution < -0.4 is 5.32 Å². The topological polar surface area (TPSA) is 87.6 Å². The quantitative estimate of drug-likeness (QED) is 0.794. The molecule has 1 saturated heterocycles. The minimum Gasteiger partial charge on any atom is -0.465 e. The molecule has 1 aromatic heterocycles. The highest BCUT2D eigenvalue weighted by molar-refractivity contribution is 6.30. The van der Waals surface area contributed by atoms with E-state index in [0.717, 1.165) is 23.2 Å². The third-order valence-electron chi connectivity index (χ3n) is 4.70. The van der Waals surface area contributed by atoms with Crippen LogP contribution in [0, 0.1) is 6.92 Å². The Morgan fingerprint density at radius 1 is 1.41 bits per heavy atom. The number of hydrogen-bond acceptors (Lipinski definition) is 5. The van der Waals surface area contributed by atoms with Crippen molar-refractivity contribution in [1.29, 1.82) is 0 Å². The predicted octanol–water partition coefficient (Wildman–Crippen LogP) is 4.23. The maximum absolute atomic E-state index is 11.5. The van der Waals surface area contributed by atoms with E-state index in [0.29, 0.717) is 24.0 Å². The molecular weight excluding hydrogens is 368 g/mol. The summed E-state index contributed by atoms with van der Waals surface area (Å²) in [6.45, 7) is 5.99. The molecule has 2 N–H and O–H groups in total. The van der Waals surface area contributed by atoms with Crippen LogP contribution in [-0.4, -0.2) is 44.4 Å². The zero-order valence-corrected chi connectivity index (χ0v) is 16.3. The first kappa shape index (κ1) is 19.4. The Hall–Kier alpha value is -2.38. The molecule has 7 nitrogen and oxygen atoms in total. The number of aromatic nitrogens is 2. The molecule has 0 spiro atoms. The SMILES string of the molecule is Cc1cc(CC[C@H]2COC(C)(C)N2C(=O)O)ccc1Nc1ncc(Cl)cn1. The molecule has 2 heterocycles. The van der Waals surface area contributed by atoms with Gasteiger partial charge in [-0.15, -0.1) is 0 Å². The van der Waals surface area contributed by atoms with Crippen molar-refractivity contribution < 1.29 is 14.6 Å². The standard InChI is InChI=1S/C19H23ClN4O3/c1-12-8-13(4-6-15-11-27-19(2,3)24(15)18(25)26)5-7-16(12)23-17-21-9-14(20)10-22-17/h5,7-10,15H,4,6,11H2,1-3H3,(H,25,26)(H,21,22,23)/t15-/m0/s1. The van der Waals surface area contributed by atoms with Crippen LogP contribution in [0.3, 0.4) is 0 Å². The monoisotopic (exact) mass is 390 g/mol. The minimum atomic E-state index is -0.943. The molecule has 8 heteroatoms. The van der Waals surface area contributed by atoms with E-state index in [2.05, 4.69) is 21.4 Å². The molecule has 1 amide bonds. The third-order valence-corrected chi connectivity index (χ3v) is 4.90. The highest BCUT2D eigenvalue weighted by Gasteiger charge is 2.43. The molecule has 1 atom stereocenters. The number of anilines is 2. The molecule has 2 aromatic rings. The van der Waals surface area contributed by atoms with Crippen molar-refractivity contribution in [2.45, 2.75) is 45.4 Å². The van der Waals surface area contributed by atoms with Gasteiger partial charge in [0.15, 0.2) is 0 Å². The summed E-state index contributed by atoms with van der Waals surface area (Å²) in [4.78, 5) is 21.2. The normalized spacial score (nSPS) is 18.5. The number of benzene rings is 1. The number of aryl methyl sites for hydroxylation is 2. The van der Waals surface area contributed by atoms with Crippen molar-refractivity contribution in [3.63, 3.8) is 0 Å². The lowest BCUT2D eigenvalue weighted by molar-refractivity contribution is -0.0421. The van der Waals surface area contributed by atoms with Gasteiger partial charge in [0.1, 0.15) is 5.72 Å². The van der Waals surface area contributed by atoms with Crippen LogP contribution in [0.2, 0.25) is 5.02 Å². The molecular formula is C19H23ClN4O3. The lowest BCUT2D eigenvalue weighted by atomic mass is 10.0. The van der Waals surface area contributed by atoms with Gasteiger partial charge in [-0.05, 0) is 50.8 Å². The summed E-state index contributed by atoms with van der Waals surface area (Å²) in [5.74, 6) is 0.484. The maximum Gasteiger partial charge on any atom is 0.409 e. The summed E-state index contributed by atoms with van der Waals surface area (Å²) < 4.78 is 5.64. The zero-order chi connectivity index (χ0) is 19.6. The van der Waals surface area contributed by atoms with Crippen LogP contribution in [0.15, 0.2) is 30.6 Å². The van der Waals surface area contributed by atoms with Gasteiger partial charge in [0.05, 0.1) is 30.1 Å². The Morgan fingerprint density at radius 2 is 2.11 bits per heavy atom. The number of carboxylic acid groups (broad SMARTS) is 1. The van der Waals surface area contributed by atoms with Crippen molar-refractivity contribution in [3.05, 3.63) is 46.7 Å². The summed E-state index contributed by atoms with van der Waals surface area (Å²) in [5.41, 5.74) is 2.34. The summed E-state index contributed by atoms with van der Waals surface area (Å²) in [6, 6.07) is 5.95. The van der Waals surface area contributed by atoms with Gasteiger partial charge in [-0.25, -0.2) is 14.8 Å². The second-order valence-corrected chi connectivity index (χ2v) is 7.54. The minimum absolute atomic E-state index is 0.141. The Kier molecular flexibility index (Phi) is 5.53. The lowest BCUT2D eigenvalue weighted by Crippen LogP contribution is -2.47. The summed E-state index contributed by atoms with van der Waals surface area (Å²) in [5, 5.41) is 13.1. The fraction of sp³-hybridized carbons (Fsp3) is 0.421. The Labute approximate surface area is 163 Å². The van der Waals surface area contributed by atoms with Crippen LogP contribution >= 0.6 is 11.6 Å². The van der Waals surface area contributed by atoms with Gasteiger partial charge < -0.3 is 15.2 Å². The van der Waals surface area contributed by atoms with Crippen molar-refractivity contribution in [2.75, 3.05) is 11.9 Å². The second kappa shape index (κ2) is 7.70. The van der Waals surface area contributed by atoms with E-state index >= 15 is 0 Å². The third kappa shape index (κ3) is 4.48. The molecule has 1 aromatic carbocycles. The molecule has 1 aliphatic heterocycles. The smallest absolute Gasteiger partial charge is 0.409 e. The molecule has 0 aliphatic carbocycles. The number of carbonyl (C=O) groups is 1. The summed E-state index contributed by atoms with van der Waals surface area (Å²) >= 11 is 5.80. The number of nitrogens with zero attached hydrogens (tertiary/aromatic N) is 3. The predicted molar refractivity (Wildman–Crippen MR) is 104 cm³/mol. The van der Waals surface area contributed by atoms with E-state index in [1.54, 1.807) is 26.2 Å². The molecule has 144 valence electrons. The van der Waals surface area contributed by atoms with Gasteiger partial charge in [0, 0.05) is 5.69 Å². The molecule has 3 rings (SSSR count). The Balaban J connectivity index is 1.64. The summed E-state index contributed by atoms with van der Waals surface area (Å²) in [6.07, 6.45) is 3.62. The van der Waals surface area contributed by atoms with E-state index in [4.69, 9.17) is 16.3 Å². The fourth-order valence-corrected chi connectivity index (χ4v) is 3.43. The highest BCUT2D eigenvalue weighted by atomic mass is 35.5. The van der Waals surface area contributed by atoms with Gasteiger partial charge >= 0.3 is 6.09 Å². The largest absolute Gasteiger partial charge is 0.465 e. The first-order valence-corrected chi connectivity index (χ1v) is 9.14. The fourth-order valence-electron chi connectivity index (χ4n) is 3.33. The zero-order valence-electron chi connectivity index (χ0n) is 15.6. The molecule has 0 unspecified atom stereocenters.